The first-order chi connectivity index (χ1) is 8.70. The highest BCUT2D eigenvalue weighted by molar-refractivity contribution is 7.89. The minimum absolute atomic E-state index is 0.0525. The first kappa shape index (κ1) is 15.9. The summed E-state index contributed by atoms with van der Waals surface area (Å²) >= 11 is 5.76. The lowest BCUT2D eigenvalue weighted by Crippen LogP contribution is -2.45. The van der Waals surface area contributed by atoms with Gasteiger partial charge in [-0.2, -0.15) is 9.82 Å². The molecule has 0 saturated carbocycles. The van der Waals surface area contributed by atoms with E-state index in [0.29, 0.717) is 6.42 Å². The Morgan fingerprint density at radius 3 is 2.58 bits per heavy atom. The highest BCUT2D eigenvalue weighted by Crippen LogP contribution is 2.21. The van der Waals surface area contributed by atoms with Gasteiger partial charge < -0.3 is 5.11 Å². The second kappa shape index (κ2) is 5.89. The van der Waals surface area contributed by atoms with Crippen LogP contribution in [0.5, 0.6) is 0 Å². The molecule has 0 spiro atoms. The fourth-order valence-corrected chi connectivity index (χ4v) is 3.52. The van der Waals surface area contributed by atoms with Gasteiger partial charge in [-0.25, -0.2) is 8.42 Å². The lowest BCUT2D eigenvalue weighted by atomic mass is 10.0. The number of rotatable bonds is 6. The number of carboxylic acid groups (broad SMARTS) is 1. The zero-order valence-electron chi connectivity index (χ0n) is 10.8. The van der Waals surface area contributed by atoms with Crippen LogP contribution < -0.4 is 4.72 Å². The molecule has 7 nitrogen and oxygen atoms in total. The quantitative estimate of drug-likeness (QED) is 0.811. The first-order valence-electron chi connectivity index (χ1n) is 5.63. The molecule has 0 aromatic carbocycles. The minimum atomic E-state index is -4.04. The number of hydrogen-bond donors (Lipinski definition) is 2. The second-order valence-electron chi connectivity index (χ2n) is 4.24. The molecule has 0 amide bonds. The van der Waals surface area contributed by atoms with E-state index in [-0.39, 0.29) is 16.0 Å². The standard InChI is InChI=1S/C10H16ClN3O4S/c1-4-6(2)8(10(15)16)13-19(17,18)9-7(11)5-12-14(9)3/h5-6,8,13H,4H2,1-3H3,(H,15,16)/t6-,8-/m0/s1. The number of halogens is 1. The second-order valence-corrected chi connectivity index (χ2v) is 6.28. The molecule has 2 atom stereocenters. The summed E-state index contributed by atoms with van der Waals surface area (Å²) in [5.74, 6) is -1.57. The predicted molar refractivity (Wildman–Crippen MR) is 69.4 cm³/mol. The fraction of sp³-hybridized carbons (Fsp3) is 0.600. The van der Waals surface area contributed by atoms with E-state index in [4.69, 9.17) is 16.7 Å². The Kier molecular flexibility index (Phi) is 4.94. The third-order valence-corrected chi connectivity index (χ3v) is 4.80. The number of aliphatic carboxylic acids is 1. The van der Waals surface area contributed by atoms with Gasteiger partial charge in [-0.05, 0) is 5.92 Å². The number of nitrogens with one attached hydrogen (secondary N) is 1. The molecule has 2 N–H and O–H groups in total. The van der Waals surface area contributed by atoms with Gasteiger partial charge in [-0.3, -0.25) is 9.48 Å². The Morgan fingerprint density at radius 1 is 1.63 bits per heavy atom. The molecule has 0 radical (unpaired) electrons. The average molecular weight is 310 g/mol. The summed E-state index contributed by atoms with van der Waals surface area (Å²) in [5.41, 5.74) is 0. The normalized spacial score (nSPS) is 15.2. The molecule has 0 aliphatic heterocycles. The van der Waals surface area contributed by atoms with Crippen LogP contribution in [0.4, 0.5) is 0 Å². The molecular weight excluding hydrogens is 294 g/mol. The lowest BCUT2D eigenvalue weighted by Gasteiger charge is -2.20. The molecule has 0 aliphatic rings. The van der Waals surface area contributed by atoms with Gasteiger partial charge in [0.2, 0.25) is 0 Å². The van der Waals surface area contributed by atoms with E-state index >= 15 is 0 Å². The first-order valence-corrected chi connectivity index (χ1v) is 7.49. The molecular formula is C10H16ClN3O4S. The molecule has 1 heterocycles. The molecule has 1 aromatic heterocycles. The van der Waals surface area contributed by atoms with E-state index in [0.717, 1.165) is 4.68 Å². The predicted octanol–water partition coefficient (Wildman–Crippen LogP) is 0.851. The van der Waals surface area contributed by atoms with Gasteiger partial charge >= 0.3 is 5.97 Å². The van der Waals surface area contributed by atoms with Crippen LogP contribution >= 0.6 is 11.6 Å². The molecule has 0 bridgehead atoms. The summed E-state index contributed by atoms with van der Waals surface area (Å²) in [6.45, 7) is 3.44. The van der Waals surface area contributed by atoms with Gasteiger partial charge in [-0.1, -0.05) is 31.9 Å². The monoisotopic (exact) mass is 309 g/mol. The Bertz CT molecular complexity index is 550. The number of aryl methyl sites for hydroxylation is 1. The van der Waals surface area contributed by atoms with Crippen LogP contribution in [0.3, 0.4) is 0 Å². The van der Waals surface area contributed by atoms with E-state index in [9.17, 15) is 13.2 Å². The highest BCUT2D eigenvalue weighted by Gasteiger charge is 2.32. The summed E-state index contributed by atoms with van der Waals surface area (Å²) in [6.07, 6.45) is 1.72. The van der Waals surface area contributed by atoms with Gasteiger partial charge in [-0.15, -0.1) is 0 Å². The molecule has 1 rings (SSSR count). The molecule has 1 aromatic rings. The zero-order valence-corrected chi connectivity index (χ0v) is 12.4. The Labute approximate surface area is 116 Å². The van der Waals surface area contributed by atoms with Crippen molar-refractivity contribution >= 4 is 27.6 Å². The van der Waals surface area contributed by atoms with Crippen LogP contribution in [0.15, 0.2) is 11.2 Å². The number of carboxylic acids is 1. The van der Waals surface area contributed by atoms with Crippen molar-refractivity contribution in [3.8, 4) is 0 Å². The summed E-state index contributed by atoms with van der Waals surface area (Å²) in [4.78, 5) is 11.1. The lowest BCUT2D eigenvalue weighted by molar-refractivity contribution is -0.140. The average Bonchev–Trinajstić information content (AvgIpc) is 2.65. The van der Waals surface area contributed by atoms with Gasteiger partial charge in [0.15, 0.2) is 5.03 Å². The van der Waals surface area contributed by atoms with Crippen LogP contribution in [0.1, 0.15) is 20.3 Å². The summed E-state index contributed by atoms with van der Waals surface area (Å²) in [6, 6.07) is -1.21. The fourth-order valence-electron chi connectivity index (χ4n) is 1.57. The topological polar surface area (TPSA) is 101 Å². The van der Waals surface area contributed by atoms with Gasteiger partial charge in [0.25, 0.3) is 10.0 Å². The van der Waals surface area contributed by atoms with Crippen LogP contribution in [0.25, 0.3) is 0 Å². The maximum atomic E-state index is 12.2. The van der Waals surface area contributed by atoms with Gasteiger partial charge in [0.1, 0.15) is 6.04 Å². The van der Waals surface area contributed by atoms with E-state index in [2.05, 4.69) is 9.82 Å². The maximum Gasteiger partial charge on any atom is 0.322 e. The molecule has 19 heavy (non-hydrogen) atoms. The number of aromatic nitrogens is 2. The SMILES string of the molecule is CC[C@H](C)[C@H](NS(=O)(=O)c1c(Cl)cnn1C)C(=O)O. The van der Waals surface area contributed by atoms with Gasteiger partial charge in [0.05, 0.1) is 11.2 Å². The Balaban J connectivity index is 3.12. The summed E-state index contributed by atoms with van der Waals surface area (Å²) < 4.78 is 27.5. The smallest absolute Gasteiger partial charge is 0.322 e. The summed E-state index contributed by atoms with van der Waals surface area (Å²) in [5, 5.41) is 12.5. The molecule has 0 aliphatic carbocycles. The largest absolute Gasteiger partial charge is 0.480 e. The van der Waals surface area contributed by atoms with Crippen LogP contribution in [0, 0.1) is 5.92 Å². The molecule has 0 fully saturated rings. The van der Waals surface area contributed by atoms with Crippen molar-refractivity contribution in [3.63, 3.8) is 0 Å². The molecule has 108 valence electrons. The number of carbonyl (C=O) groups is 1. The van der Waals surface area contributed by atoms with E-state index in [1.807, 2.05) is 0 Å². The number of sulfonamides is 1. The van der Waals surface area contributed by atoms with Crippen molar-refractivity contribution < 1.29 is 18.3 Å². The van der Waals surface area contributed by atoms with E-state index in [1.165, 1.54) is 13.2 Å². The molecule has 0 unspecified atom stereocenters. The third kappa shape index (κ3) is 3.46. The van der Waals surface area contributed by atoms with Crippen molar-refractivity contribution in [2.24, 2.45) is 13.0 Å². The Morgan fingerprint density at radius 2 is 2.21 bits per heavy atom. The van der Waals surface area contributed by atoms with Gasteiger partial charge in [0, 0.05) is 7.05 Å². The summed E-state index contributed by atoms with van der Waals surface area (Å²) in [7, 11) is -2.62. The van der Waals surface area contributed by atoms with Crippen LogP contribution in [-0.2, 0) is 21.9 Å². The molecule has 0 saturated heterocycles. The Hall–Kier alpha value is -1.12. The van der Waals surface area contributed by atoms with Crippen molar-refractivity contribution in [2.75, 3.05) is 0 Å². The van der Waals surface area contributed by atoms with E-state index in [1.54, 1.807) is 13.8 Å². The maximum absolute atomic E-state index is 12.2. The van der Waals surface area contributed by atoms with Crippen molar-refractivity contribution in [1.29, 1.82) is 0 Å². The van der Waals surface area contributed by atoms with Crippen molar-refractivity contribution in [2.45, 2.75) is 31.3 Å². The number of nitrogens with zero attached hydrogens (tertiary/aromatic N) is 2. The highest BCUT2D eigenvalue weighted by atomic mass is 35.5. The zero-order chi connectivity index (χ0) is 14.8. The van der Waals surface area contributed by atoms with Crippen molar-refractivity contribution in [1.82, 2.24) is 14.5 Å². The van der Waals surface area contributed by atoms with E-state index < -0.39 is 22.0 Å². The number of hydrogen-bond acceptors (Lipinski definition) is 4. The van der Waals surface area contributed by atoms with Crippen LogP contribution in [0.2, 0.25) is 5.02 Å². The minimum Gasteiger partial charge on any atom is -0.480 e. The van der Waals surface area contributed by atoms with Crippen LogP contribution in [-0.4, -0.2) is 35.3 Å². The molecule has 9 heteroatoms. The van der Waals surface area contributed by atoms with Crippen molar-refractivity contribution in [3.05, 3.63) is 11.2 Å². The third-order valence-electron chi connectivity index (χ3n) is 2.86.